The zero-order chi connectivity index (χ0) is 12.5. The Morgan fingerprint density at radius 2 is 2.06 bits per heavy atom. The molecule has 1 aromatic carbocycles. The van der Waals surface area contributed by atoms with Gasteiger partial charge in [0.05, 0.1) is 0 Å². The maximum Gasteiger partial charge on any atom is 0.188 e. The van der Waals surface area contributed by atoms with E-state index in [-0.39, 0.29) is 0 Å². The third kappa shape index (κ3) is 6.22. The summed E-state index contributed by atoms with van der Waals surface area (Å²) in [6.45, 7) is 5.83. The second-order valence-corrected chi connectivity index (χ2v) is 5.02. The van der Waals surface area contributed by atoms with Crippen molar-refractivity contribution >= 4 is 17.7 Å². The van der Waals surface area contributed by atoms with Crippen molar-refractivity contribution < 1.29 is 0 Å². The van der Waals surface area contributed by atoms with E-state index in [1.54, 1.807) is 0 Å². The minimum Gasteiger partial charge on any atom is -0.370 e. The molecule has 94 valence electrons. The van der Waals surface area contributed by atoms with E-state index in [0.29, 0.717) is 5.96 Å². The van der Waals surface area contributed by atoms with Gasteiger partial charge < -0.3 is 11.1 Å². The molecule has 0 fully saturated rings. The van der Waals surface area contributed by atoms with Crippen LogP contribution in [-0.4, -0.2) is 24.8 Å². The van der Waals surface area contributed by atoms with E-state index in [1.165, 1.54) is 10.5 Å². The van der Waals surface area contributed by atoms with Gasteiger partial charge in [-0.25, -0.2) is 0 Å². The number of aryl methyl sites for hydroxylation is 1. The average molecular weight is 251 g/mol. The van der Waals surface area contributed by atoms with Gasteiger partial charge in [0, 0.05) is 23.7 Å². The molecule has 0 saturated carbocycles. The summed E-state index contributed by atoms with van der Waals surface area (Å²) in [5.74, 6) is 1.54. The predicted molar refractivity (Wildman–Crippen MR) is 76.7 cm³/mol. The van der Waals surface area contributed by atoms with E-state index in [1.807, 2.05) is 11.8 Å². The zero-order valence-electron chi connectivity index (χ0n) is 10.6. The summed E-state index contributed by atoms with van der Waals surface area (Å²) >= 11 is 1.82. The first-order valence-electron chi connectivity index (χ1n) is 5.95. The van der Waals surface area contributed by atoms with Gasteiger partial charge in [0.15, 0.2) is 5.96 Å². The summed E-state index contributed by atoms with van der Waals surface area (Å²) in [6, 6.07) is 8.56. The Balaban J connectivity index is 2.18. The first-order valence-corrected chi connectivity index (χ1v) is 6.94. The van der Waals surface area contributed by atoms with Gasteiger partial charge in [-0.2, -0.15) is 0 Å². The Kier molecular flexibility index (Phi) is 6.55. The van der Waals surface area contributed by atoms with Gasteiger partial charge in [-0.05, 0) is 25.5 Å². The van der Waals surface area contributed by atoms with Gasteiger partial charge in [-0.1, -0.05) is 24.6 Å². The second kappa shape index (κ2) is 8.01. The minimum absolute atomic E-state index is 0.552. The quantitative estimate of drug-likeness (QED) is 0.353. The number of hydrogen-bond acceptors (Lipinski definition) is 2. The number of nitrogens with two attached hydrogens (primary N) is 1. The van der Waals surface area contributed by atoms with Crippen LogP contribution < -0.4 is 11.1 Å². The van der Waals surface area contributed by atoms with Crippen LogP contribution in [0.5, 0.6) is 0 Å². The molecule has 0 aromatic heterocycles. The van der Waals surface area contributed by atoms with Gasteiger partial charge in [-0.15, -0.1) is 11.8 Å². The number of aliphatic imine (C=N–C) groups is 1. The van der Waals surface area contributed by atoms with Crippen LogP contribution >= 0.6 is 11.8 Å². The van der Waals surface area contributed by atoms with Gasteiger partial charge in [0.2, 0.25) is 0 Å². The monoisotopic (exact) mass is 251 g/mol. The van der Waals surface area contributed by atoms with Crippen molar-refractivity contribution in [2.45, 2.75) is 25.2 Å². The molecule has 0 aliphatic carbocycles. The molecular formula is C13H21N3S. The number of nitrogens with zero attached hydrogens (tertiary/aromatic N) is 1. The van der Waals surface area contributed by atoms with Crippen molar-refractivity contribution in [3.8, 4) is 0 Å². The van der Waals surface area contributed by atoms with Crippen LogP contribution in [0.3, 0.4) is 0 Å². The molecule has 0 aliphatic heterocycles. The molecule has 3 nitrogen and oxygen atoms in total. The van der Waals surface area contributed by atoms with Gasteiger partial charge >= 0.3 is 0 Å². The number of rotatable bonds is 6. The molecule has 0 unspecified atom stereocenters. The van der Waals surface area contributed by atoms with Crippen molar-refractivity contribution in [1.29, 1.82) is 0 Å². The van der Waals surface area contributed by atoms with Crippen LogP contribution in [0.25, 0.3) is 0 Å². The fourth-order valence-electron chi connectivity index (χ4n) is 1.27. The Morgan fingerprint density at radius 1 is 1.35 bits per heavy atom. The summed E-state index contributed by atoms with van der Waals surface area (Å²) in [5, 5.41) is 3.11. The van der Waals surface area contributed by atoms with Gasteiger partial charge in [-0.3, -0.25) is 4.99 Å². The predicted octanol–water partition coefficient (Wildman–Crippen LogP) is 2.40. The van der Waals surface area contributed by atoms with Crippen molar-refractivity contribution in [1.82, 2.24) is 5.32 Å². The summed E-state index contributed by atoms with van der Waals surface area (Å²) in [6.07, 6.45) is 1.03. The van der Waals surface area contributed by atoms with Crippen LogP contribution in [0.1, 0.15) is 18.9 Å². The van der Waals surface area contributed by atoms with E-state index < -0.39 is 0 Å². The topological polar surface area (TPSA) is 50.4 Å². The minimum atomic E-state index is 0.552. The van der Waals surface area contributed by atoms with Crippen LogP contribution in [0, 0.1) is 6.92 Å². The molecular weight excluding hydrogens is 230 g/mol. The number of thioether (sulfide) groups is 1. The molecule has 1 aromatic rings. The molecule has 3 N–H and O–H groups in total. The van der Waals surface area contributed by atoms with Gasteiger partial charge in [0.1, 0.15) is 0 Å². The number of benzene rings is 1. The second-order valence-electron chi connectivity index (χ2n) is 3.86. The standard InChI is InChI=1S/C13H21N3S/c1-3-8-15-13(14)16-9-10-17-12-6-4-11(2)5-7-12/h4-7H,3,8-10H2,1-2H3,(H3,14,15,16). The van der Waals surface area contributed by atoms with Crippen molar-refractivity contribution in [2.75, 3.05) is 18.8 Å². The molecule has 0 saturated heterocycles. The van der Waals surface area contributed by atoms with Crippen LogP contribution in [-0.2, 0) is 0 Å². The van der Waals surface area contributed by atoms with E-state index in [9.17, 15) is 0 Å². The lowest BCUT2D eigenvalue weighted by atomic mass is 10.2. The summed E-state index contributed by atoms with van der Waals surface area (Å²) in [5.41, 5.74) is 6.98. The lowest BCUT2D eigenvalue weighted by Crippen LogP contribution is -2.33. The van der Waals surface area contributed by atoms with Crippen LogP contribution in [0.2, 0.25) is 0 Å². The first kappa shape index (κ1) is 13.9. The molecule has 0 spiro atoms. The highest BCUT2D eigenvalue weighted by molar-refractivity contribution is 7.99. The fourth-order valence-corrected chi connectivity index (χ4v) is 2.04. The highest BCUT2D eigenvalue weighted by Gasteiger charge is 1.94. The van der Waals surface area contributed by atoms with Crippen LogP contribution in [0.4, 0.5) is 0 Å². The molecule has 0 heterocycles. The molecule has 0 amide bonds. The molecule has 17 heavy (non-hydrogen) atoms. The SMILES string of the molecule is CCCN=C(N)NCCSc1ccc(C)cc1. The molecule has 0 aliphatic rings. The highest BCUT2D eigenvalue weighted by atomic mass is 32.2. The Labute approximate surface area is 108 Å². The van der Waals surface area contributed by atoms with E-state index in [4.69, 9.17) is 5.73 Å². The highest BCUT2D eigenvalue weighted by Crippen LogP contribution is 2.17. The molecule has 4 heteroatoms. The molecule has 0 atom stereocenters. The third-order valence-corrected chi connectivity index (χ3v) is 3.22. The van der Waals surface area contributed by atoms with E-state index in [2.05, 4.69) is 48.4 Å². The Morgan fingerprint density at radius 3 is 2.71 bits per heavy atom. The normalized spacial score (nSPS) is 11.5. The van der Waals surface area contributed by atoms with Crippen LogP contribution in [0.15, 0.2) is 34.2 Å². The molecule has 0 radical (unpaired) electrons. The van der Waals surface area contributed by atoms with Gasteiger partial charge in [0.25, 0.3) is 0 Å². The van der Waals surface area contributed by atoms with E-state index in [0.717, 1.165) is 25.3 Å². The lowest BCUT2D eigenvalue weighted by Gasteiger charge is -2.05. The van der Waals surface area contributed by atoms with Crippen molar-refractivity contribution in [3.05, 3.63) is 29.8 Å². The average Bonchev–Trinajstić information content (AvgIpc) is 2.34. The Bertz CT molecular complexity index is 346. The molecule has 0 bridgehead atoms. The summed E-state index contributed by atoms with van der Waals surface area (Å²) in [7, 11) is 0. The third-order valence-electron chi connectivity index (χ3n) is 2.20. The summed E-state index contributed by atoms with van der Waals surface area (Å²) in [4.78, 5) is 5.47. The zero-order valence-corrected chi connectivity index (χ0v) is 11.4. The number of nitrogens with one attached hydrogen (secondary N) is 1. The lowest BCUT2D eigenvalue weighted by molar-refractivity contribution is 0.892. The van der Waals surface area contributed by atoms with E-state index >= 15 is 0 Å². The van der Waals surface area contributed by atoms with Crippen molar-refractivity contribution in [2.24, 2.45) is 10.7 Å². The maximum atomic E-state index is 5.69. The number of hydrogen-bond donors (Lipinski definition) is 2. The summed E-state index contributed by atoms with van der Waals surface area (Å²) < 4.78 is 0. The molecule has 1 rings (SSSR count). The largest absolute Gasteiger partial charge is 0.370 e. The maximum absolute atomic E-state index is 5.69. The van der Waals surface area contributed by atoms with Crippen molar-refractivity contribution in [3.63, 3.8) is 0 Å². The first-order chi connectivity index (χ1) is 8.22. The fraction of sp³-hybridized carbons (Fsp3) is 0.462. The number of guanidine groups is 1. The Hall–Kier alpha value is -1.16. The smallest absolute Gasteiger partial charge is 0.188 e.